The molecule has 1 rings (SSSR count). The number of carbonyl (C=O) groups is 1. The van der Waals surface area contributed by atoms with Crippen LogP contribution in [0.4, 0.5) is 0 Å². The van der Waals surface area contributed by atoms with E-state index in [2.05, 4.69) is 22.5 Å². The Morgan fingerprint density at radius 3 is 2.94 bits per heavy atom. The van der Waals surface area contributed by atoms with Gasteiger partial charge in [0, 0.05) is 18.1 Å². The number of nitrogens with two attached hydrogens (primary N) is 1. The number of halogens is 1. The van der Waals surface area contributed by atoms with Crippen LogP contribution < -0.4 is 5.73 Å². The maximum Gasteiger partial charge on any atom is 0.239 e. The molecule has 0 fully saturated rings. The van der Waals surface area contributed by atoms with Crippen molar-refractivity contribution in [1.82, 2.24) is 4.90 Å². The zero-order valence-corrected chi connectivity index (χ0v) is 11.5. The lowest BCUT2D eigenvalue weighted by Crippen LogP contribution is -2.41. The van der Waals surface area contributed by atoms with E-state index in [1.807, 2.05) is 24.3 Å². The molecule has 0 heterocycles. The summed E-state index contributed by atoms with van der Waals surface area (Å²) >= 11 is 3.40. The predicted octanol–water partition coefficient (Wildman–Crippen LogP) is 2.31. The third kappa shape index (κ3) is 4.32. The Morgan fingerprint density at radius 1 is 1.65 bits per heavy atom. The monoisotopic (exact) mass is 296 g/mol. The number of hydrogen-bond acceptors (Lipinski definition) is 2. The van der Waals surface area contributed by atoms with Crippen molar-refractivity contribution in [1.29, 1.82) is 0 Å². The summed E-state index contributed by atoms with van der Waals surface area (Å²) in [6.07, 6.45) is 2.16. The third-order valence-corrected chi connectivity index (χ3v) is 2.92. The highest BCUT2D eigenvalue weighted by molar-refractivity contribution is 9.10. The molecule has 1 aromatic carbocycles. The Labute approximate surface area is 110 Å². The molecule has 2 N–H and O–H groups in total. The number of amides is 1. The average Bonchev–Trinajstić information content (AvgIpc) is 2.28. The first kappa shape index (κ1) is 13.9. The minimum absolute atomic E-state index is 0.0649. The Balaban J connectivity index is 2.62. The molecule has 3 nitrogen and oxygen atoms in total. The summed E-state index contributed by atoms with van der Waals surface area (Å²) in [4.78, 5) is 13.5. The molecular formula is C13H17BrN2O. The second-order valence-electron chi connectivity index (χ2n) is 3.96. The second kappa shape index (κ2) is 6.57. The van der Waals surface area contributed by atoms with Crippen LogP contribution in [-0.4, -0.2) is 23.9 Å². The van der Waals surface area contributed by atoms with E-state index < -0.39 is 6.04 Å². The number of hydrogen-bond donors (Lipinski definition) is 1. The average molecular weight is 297 g/mol. The van der Waals surface area contributed by atoms with Gasteiger partial charge in [0.25, 0.3) is 0 Å². The van der Waals surface area contributed by atoms with Gasteiger partial charge in [0.2, 0.25) is 5.91 Å². The standard InChI is InChI=1S/C13H17BrN2O/c1-3-5-12(15)13(17)16(2)9-10-6-4-7-11(14)8-10/h3-4,6-8,12H,1,5,9,15H2,2H3. The summed E-state index contributed by atoms with van der Waals surface area (Å²) in [6, 6.07) is 7.37. The Kier molecular flexibility index (Phi) is 5.38. The summed E-state index contributed by atoms with van der Waals surface area (Å²) in [5.74, 6) is -0.0649. The van der Waals surface area contributed by atoms with Gasteiger partial charge in [0.15, 0.2) is 0 Å². The van der Waals surface area contributed by atoms with Crippen LogP contribution >= 0.6 is 15.9 Å². The van der Waals surface area contributed by atoms with E-state index in [-0.39, 0.29) is 5.91 Å². The fourth-order valence-corrected chi connectivity index (χ4v) is 2.00. The number of rotatable bonds is 5. The van der Waals surface area contributed by atoms with Gasteiger partial charge < -0.3 is 10.6 Å². The number of nitrogens with zero attached hydrogens (tertiary/aromatic N) is 1. The molecule has 0 aliphatic rings. The Bertz CT molecular complexity index is 406. The van der Waals surface area contributed by atoms with Crippen LogP contribution in [-0.2, 0) is 11.3 Å². The fraction of sp³-hybridized carbons (Fsp3) is 0.308. The highest BCUT2D eigenvalue weighted by atomic mass is 79.9. The van der Waals surface area contributed by atoms with Gasteiger partial charge in [0.1, 0.15) is 0 Å². The second-order valence-corrected chi connectivity index (χ2v) is 4.87. The third-order valence-electron chi connectivity index (χ3n) is 2.42. The van der Waals surface area contributed by atoms with Crippen molar-refractivity contribution in [2.24, 2.45) is 5.73 Å². The van der Waals surface area contributed by atoms with Crippen LogP contribution in [0.15, 0.2) is 41.4 Å². The first-order valence-corrected chi connectivity index (χ1v) is 6.19. The molecule has 0 aliphatic heterocycles. The quantitative estimate of drug-likeness (QED) is 0.848. The van der Waals surface area contributed by atoms with Crippen molar-refractivity contribution < 1.29 is 4.79 Å². The molecule has 0 aliphatic carbocycles. The van der Waals surface area contributed by atoms with Gasteiger partial charge >= 0.3 is 0 Å². The van der Waals surface area contributed by atoms with Crippen LogP contribution in [0.5, 0.6) is 0 Å². The van der Waals surface area contributed by atoms with Gasteiger partial charge in [-0.1, -0.05) is 34.1 Å². The van der Waals surface area contributed by atoms with Crippen LogP contribution in [0.25, 0.3) is 0 Å². The van der Waals surface area contributed by atoms with E-state index in [0.717, 1.165) is 10.0 Å². The molecule has 1 atom stereocenters. The van der Waals surface area contributed by atoms with E-state index in [0.29, 0.717) is 13.0 Å². The highest BCUT2D eigenvalue weighted by Gasteiger charge is 2.16. The molecule has 0 bridgehead atoms. The number of benzene rings is 1. The van der Waals surface area contributed by atoms with E-state index in [4.69, 9.17) is 5.73 Å². The lowest BCUT2D eigenvalue weighted by atomic mass is 10.1. The molecule has 0 aromatic heterocycles. The lowest BCUT2D eigenvalue weighted by Gasteiger charge is -2.20. The Morgan fingerprint density at radius 2 is 2.35 bits per heavy atom. The van der Waals surface area contributed by atoms with Crippen LogP contribution in [0.1, 0.15) is 12.0 Å². The fourth-order valence-electron chi connectivity index (χ4n) is 1.55. The van der Waals surface area contributed by atoms with Gasteiger partial charge in [-0.3, -0.25) is 4.79 Å². The van der Waals surface area contributed by atoms with Crippen molar-refractivity contribution in [2.75, 3.05) is 7.05 Å². The SMILES string of the molecule is C=CCC(N)C(=O)N(C)Cc1cccc(Br)c1. The number of carbonyl (C=O) groups excluding carboxylic acids is 1. The van der Waals surface area contributed by atoms with E-state index in [1.165, 1.54) is 0 Å². The van der Waals surface area contributed by atoms with Crippen molar-refractivity contribution in [3.8, 4) is 0 Å². The van der Waals surface area contributed by atoms with Crippen LogP contribution in [0.3, 0.4) is 0 Å². The molecule has 0 radical (unpaired) electrons. The smallest absolute Gasteiger partial charge is 0.239 e. The first-order chi connectivity index (χ1) is 8.04. The topological polar surface area (TPSA) is 46.3 Å². The van der Waals surface area contributed by atoms with Crippen LogP contribution in [0, 0.1) is 0 Å². The van der Waals surface area contributed by atoms with Gasteiger partial charge in [0.05, 0.1) is 6.04 Å². The molecule has 4 heteroatoms. The number of likely N-dealkylation sites (N-methyl/N-ethyl adjacent to an activating group) is 1. The molecule has 92 valence electrons. The van der Waals surface area contributed by atoms with E-state index in [1.54, 1.807) is 18.0 Å². The summed E-state index contributed by atoms with van der Waals surface area (Å²) in [5.41, 5.74) is 6.81. The zero-order chi connectivity index (χ0) is 12.8. The minimum Gasteiger partial charge on any atom is -0.340 e. The highest BCUT2D eigenvalue weighted by Crippen LogP contribution is 2.13. The zero-order valence-electron chi connectivity index (χ0n) is 9.90. The van der Waals surface area contributed by atoms with Crippen molar-refractivity contribution >= 4 is 21.8 Å². The molecule has 0 saturated carbocycles. The summed E-state index contributed by atoms with van der Waals surface area (Å²) < 4.78 is 1.01. The first-order valence-electron chi connectivity index (χ1n) is 5.40. The van der Waals surface area contributed by atoms with Gasteiger partial charge in [-0.2, -0.15) is 0 Å². The lowest BCUT2D eigenvalue weighted by molar-refractivity contribution is -0.131. The summed E-state index contributed by atoms with van der Waals surface area (Å²) in [6.45, 7) is 4.14. The Hall–Kier alpha value is -1.13. The van der Waals surface area contributed by atoms with Crippen LogP contribution in [0.2, 0.25) is 0 Å². The van der Waals surface area contributed by atoms with E-state index >= 15 is 0 Å². The minimum atomic E-state index is -0.496. The molecular weight excluding hydrogens is 280 g/mol. The summed E-state index contributed by atoms with van der Waals surface area (Å²) in [5, 5.41) is 0. The van der Waals surface area contributed by atoms with E-state index in [9.17, 15) is 4.79 Å². The largest absolute Gasteiger partial charge is 0.340 e. The molecule has 1 aromatic rings. The van der Waals surface area contributed by atoms with Crippen molar-refractivity contribution in [3.05, 3.63) is 47.0 Å². The predicted molar refractivity (Wildman–Crippen MR) is 73.4 cm³/mol. The van der Waals surface area contributed by atoms with Gasteiger partial charge in [-0.25, -0.2) is 0 Å². The maximum atomic E-state index is 11.9. The molecule has 1 amide bonds. The summed E-state index contributed by atoms with van der Waals surface area (Å²) in [7, 11) is 1.76. The molecule has 17 heavy (non-hydrogen) atoms. The van der Waals surface area contributed by atoms with Gasteiger partial charge in [-0.05, 0) is 24.1 Å². The molecule has 0 saturated heterocycles. The normalized spacial score (nSPS) is 11.9. The molecule has 0 spiro atoms. The molecule has 1 unspecified atom stereocenters. The van der Waals surface area contributed by atoms with Crippen molar-refractivity contribution in [2.45, 2.75) is 19.0 Å². The maximum absolute atomic E-state index is 11.9. The van der Waals surface area contributed by atoms with Crippen molar-refractivity contribution in [3.63, 3.8) is 0 Å². The van der Waals surface area contributed by atoms with Gasteiger partial charge in [-0.15, -0.1) is 6.58 Å².